The van der Waals surface area contributed by atoms with Gasteiger partial charge in [-0.05, 0) is 30.5 Å². The van der Waals surface area contributed by atoms with Gasteiger partial charge in [-0.15, -0.1) is 0 Å². The molecule has 0 unspecified atom stereocenters. The van der Waals surface area contributed by atoms with Crippen molar-refractivity contribution in [3.63, 3.8) is 0 Å². The Hall–Kier alpha value is -2.13. The lowest BCUT2D eigenvalue weighted by Gasteiger charge is -2.28. The molecule has 0 radical (unpaired) electrons. The van der Waals surface area contributed by atoms with E-state index in [-0.39, 0.29) is 5.91 Å². The molecule has 0 bridgehead atoms. The maximum absolute atomic E-state index is 12.8. The van der Waals surface area contributed by atoms with Crippen LogP contribution < -0.4 is 10.6 Å². The molecule has 0 aliphatic carbocycles. The third-order valence-corrected chi connectivity index (χ3v) is 4.11. The average Bonchev–Trinajstić information content (AvgIpc) is 3.05. The molecule has 2 aromatic carbocycles. The molecule has 1 saturated heterocycles. The van der Waals surface area contributed by atoms with Crippen molar-refractivity contribution in [3.8, 4) is 0 Å². The van der Waals surface area contributed by atoms with Gasteiger partial charge in [0, 0.05) is 6.54 Å². The van der Waals surface area contributed by atoms with E-state index in [1.54, 1.807) is 0 Å². The third-order valence-electron chi connectivity index (χ3n) is 4.11. The highest BCUT2D eigenvalue weighted by Gasteiger charge is 2.42. The summed E-state index contributed by atoms with van der Waals surface area (Å²) in [6.45, 7) is 1.45. The summed E-state index contributed by atoms with van der Waals surface area (Å²) in [6, 6.07) is 20.0. The van der Waals surface area contributed by atoms with E-state index in [1.807, 2.05) is 60.7 Å². The first-order valence-corrected chi connectivity index (χ1v) is 7.44. The molecular weight excluding hydrogens is 260 g/mol. The molecule has 3 rings (SSSR count). The van der Waals surface area contributed by atoms with Crippen molar-refractivity contribution in [2.75, 3.05) is 6.54 Å². The molecule has 1 aliphatic heterocycles. The molecule has 0 aromatic heterocycles. The Morgan fingerprint density at radius 3 is 2.33 bits per heavy atom. The van der Waals surface area contributed by atoms with Gasteiger partial charge in [0.05, 0.1) is 0 Å². The van der Waals surface area contributed by atoms with Gasteiger partial charge in [0.2, 0.25) is 5.91 Å². The van der Waals surface area contributed by atoms with Crippen LogP contribution in [0.4, 0.5) is 0 Å². The van der Waals surface area contributed by atoms with Crippen LogP contribution in [0.3, 0.4) is 0 Å². The highest BCUT2D eigenvalue weighted by molar-refractivity contribution is 5.88. The number of hydrogen-bond acceptors (Lipinski definition) is 2. The number of rotatable bonds is 4. The average molecular weight is 280 g/mol. The van der Waals surface area contributed by atoms with Crippen molar-refractivity contribution in [3.05, 3.63) is 71.8 Å². The van der Waals surface area contributed by atoms with E-state index in [1.165, 1.54) is 0 Å². The molecule has 2 N–H and O–H groups in total. The predicted octanol–water partition coefficient (Wildman–Crippen LogP) is 2.58. The van der Waals surface area contributed by atoms with Crippen LogP contribution in [0.15, 0.2) is 60.7 Å². The zero-order chi connectivity index (χ0) is 14.5. The van der Waals surface area contributed by atoms with Crippen molar-refractivity contribution >= 4 is 5.91 Å². The van der Waals surface area contributed by atoms with E-state index in [2.05, 4.69) is 10.6 Å². The maximum atomic E-state index is 12.8. The molecule has 0 spiro atoms. The molecule has 2 aromatic rings. The summed E-state index contributed by atoms with van der Waals surface area (Å²) in [6.07, 6.45) is 1.87. The molecule has 0 saturated carbocycles. The summed E-state index contributed by atoms with van der Waals surface area (Å²) in [5.41, 5.74) is 1.59. The highest BCUT2D eigenvalue weighted by atomic mass is 16.2. The molecule has 3 heteroatoms. The Labute approximate surface area is 125 Å². The highest BCUT2D eigenvalue weighted by Crippen LogP contribution is 2.31. The zero-order valence-corrected chi connectivity index (χ0v) is 12.0. The molecule has 1 aliphatic rings. The van der Waals surface area contributed by atoms with Crippen molar-refractivity contribution in [1.29, 1.82) is 0 Å². The monoisotopic (exact) mass is 280 g/mol. The lowest BCUT2D eigenvalue weighted by Crippen LogP contribution is -2.50. The van der Waals surface area contributed by atoms with Gasteiger partial charge in [-0.25, -0.2) is 0 Å². The van der Waals surface area contributed by atoms with Crippen LogP contribution in [0.25, 0.3) is 0 Å². The second-order valence-corrected chi connectivity index (χ2v) is 5.47. The Morgan fingerprint density at radius 2 is 1.71 bits per heavy atom. The summed E-state index contributed by atoms with van der Waals surface area (Å²) in [4.78, 5) is 12.8. The lowest BCUT2D eigenvalue weighted by molar-refractivity contribution is -0.127. The van der Waals surface area contributed by atoms with Crippen LogP contribution >= 0.6 is 0 Å². The summed E-state index contributed by atoms with van der Waals surface area (Å²) < 4.78 is 0. The number of carbonyl (C=O) groups is 1. The summed E-state index contributed by atoms with van der Waals surface area (Å²) >= 11 is 0. The van der Waals surface area contributed by atoms with Gasteiger partial charge in [-0.3, -0.25) is 10.1 Å². The van der Waals surface area contributed by atoms with Gasteiger partial charge in [-0.2, -0.15) is 0 Å². The van der Waals surface area contributed by atoms with Crippen molar-refractivity contribution in [2.24, 2.45) is 0 Å². The van der Waals surface area contributed by atoms with E-state index in [0.29, 0.717) is 6.54 Å². The van der Waals surface area contributed by atoms with Gasteiger partial charge in [0.15, 0.2) is 0 Å². The van der Waals surface area contributed by atoms with Crippen LogP contribution in [-0.2, 0) is 16.9 Å². The molecule has 21 heavy (non-hydrogen) atoms. The fraction of sp³-hybridized carbons (Fsp3) is 0.278. The SMILES string of the molecule is O=C(NCc1ccccc1)[C@@]1(c2ccccc2)CCCN1. The summed E-state index contributed by atoms with van der Waals surface area (Å²) in [5.74, 6) is 0.0649. The third kappa shape index (κ3) is 2.83. The quantitative estimate of drug-likeness (QED) is 0.904. The first-order valence-electron chi connectivity index (χ1n) is 7.44. The zero-order valence-electron chi connectivity index (χ0n) is 12.0. The van der Waals surface area contributed by atoms with Gasteiger partial charge in [-0.1, -0.05) is 60.7 Å². The Bertz CT molecular complexity index is 589. The molecule has 1 heterocycles. The number of benzene rings is 2. The van der Waals surface area contributed by atoms with Crippen molar-refractivity contribution < 1.29 is 4.79 Å². The molecule has 3 nitrogen and oxygen atoms in total. The normalized spacial score (nSPS) is 21.1. The minimum Gasteiger partial charge on any atom is -0.350 e. The molecule has 1 atom stereocenters. The van der Waals surface area contributed by atoms with Crippen LogP contribution in [0.2, 0.25) is 0 Å². The van der Waals surface area contributed by atoms with Crippen LogP contribution in [0, 0.1) is 0 Å². The standard InChI is InChI=1S/C18H20N2O/c21-17(19-14-15-8-3-1-4-9-15)18(12-7-13-20-18)16-10-5-2-6-11-16/h1-6,8-11,20H,7,12-14H2,(H,19,21)/t18-/m0/s1. The molecule has 1 fully saturated rings. The largest absolute Gasteiger partial charge is 0.350 e. The van der Waals surface area contributed by atoms with Crippen molar-refractivity contribution in [1.82, 2.24) is 10.6 Å². The van der Waals surface area contributed by atoms with Crippen molar-refractivity contribution in [2.45, 2.75) is 24.9 Å². The summed E-state index contributed by atoms with van der Waals surface area (Å²) in [5, 5.41) is 6.49. The Balaban J connectivity index is 1.77. The van der Waals surface area contributed by atoms with E-state index in [9.17, 15) is 4.79 Å². The minimum atomic E-state index is -0.573. The van der Waals surface area contributed by atoms with E-state index in [4.69, 9.17) is 0 Å². The van der Waals surface area contributed by atoms with Gasteiger partial charge >= 0.3 is 0 Å². The number of carbonyl (C=O) groups excluding carboxylic acids is 1. The number of hydrogen-bond donors (Lipinski definition) is 2. The lowest BCUT2D eigenvalue weighted by atomic mass is 9.87. The first kappa shape index (κ1) is 13.8. The van der Waals surface area contributed by atoms with Crippen LogP contribution in [0.5, 0.6) is 0 Å². The van der Waals surface area contributed by atoms with Gasteiger partial charge in [0.25, 0.3) is 0 Å². The van der Waals surface area contributed by atoms with Crippen LogP contribution in [0.1, 0.15) is 24.0 Å². The Morgan fingerprint density at radius 1 is 1.05 bits per heavy atom. The van der Waals surface area contributed by atoms with E-state index in [0.717, 1.165) is 30.5 Å². The summed E-state index contributed by atoms with van der Waals surface area (Å²) in [7, 11) is 0. The maximum Gasteiger partial charge on any atom is 0.245 e. The van der Waals surface area contributed by atoms with E-state index < -0.39 is 5.54 Å². The van der Waals surface area contributed by atoms with Crippen LogP contribution in [-0.4, -0.2) is 12.5 Å². The smallest absolute Gasteiger partial charge is 0.245 e. The number of nitrogens with one attached hydrogen (secondary N) is 2. The fourth-order valence-corrected chi connectivity index (χ4v) is 2.97. The molecule has 108 valence electrons. The minimum absolute atomic E-state index is 0.0649. The van der Waals surface area contributed by atoms with Gasteiger partial charge < -0.3 is 5.32 Å². The second-order valence-electron chi connectivity index (χ2n) is 5.47. The van der Waals surface area contributed by atoms with E-state index >= 15 is 0 Å². The topological polar surface area (TPSA) is 41.1 Å². The first-order chi connectivity index (χ1) is 10.3. The Kier molecular flexibility index (Phi) is 4.02. The molecule has 1 amide bonds. The predicted molar refractivity (Wildman–Crippen MR) is 83.6 cm³/mol. The molecular formula is C18H20N2O. The second kappa shape index (κ2) is 6.10. The van der Waals surface area contributed by atoms with Gasteiger partial charge in [0.1, 0.15) is 5.54 Å². The number of amides is 1. The fourth-order valence-electron chi connectivity index (χ4n) is 2.97.